The highest BCUT2D eigenvalue weighted by atomic mass is 16.5. The molecule has 2 aromatic rings. The van der Waals surface area contributed by atoms with Gasteiger partial charge in [0.15, 0.2) is 5.82 Å². The molecule has 1 atom stereocenters. The van der Waals surface area contributed by atoms with Crippen LogP contribution in [-0.2, 0) is 4.74 Å². The van der Waals surface area contributed by atoms with Gasteiger partial charge in [0.05, 0.1) is 6.61 Å². The van der Waals surface area contributed by atoms with E-state index in [-0.39, 0.29) is 11.9 Å². The second kappa shape index (κ2) is 7.44. The Hall–Kier alpha value is -2.41. The van der Waals surface area contributed by atoms with Gasteiger partial charge in [-0.3, -0.25) is 0 Å². The summed E-state index contributed by atoms with van der Waals surface area (Å²) in [5, 5.41) is 9.62. The number of aromatic nitrogens is 2. The minimum Gasteiger partial charge on any atom is -0.381 e. The molecular formula is C17H22N4O3. The first-order valence-corrected chi connectivity index (χ1v) is 8.18. The van der Waals surface area contributed by atoms with Gasteiger partial charge in [-0.15, -0.1) is 0 Å². The number of rotatable bonds is 5. The van der Waals surface area contributed by atoms with Crippen LogP contribution in [0.15, 0.2) is 28.8 Å². The van der Waals surface area contributed by atoms with Crippen molar-refractivity contribution < 1.29 is 14.1 Å². The number of ether oxygens (including phenoxy) is 1. The Morgan fingerprint density at radius 3 is 2.75 bits per heavy atom. The van der Waals surface area contributed by atoms with E-state index in [0.29, 0.717) is 29.9 Å². The van der Waals surface area contributed by atoms with E-state index in [0.717, 1.165) is 25.2 Å². The molecule has 2 N–H and O–H groups in total. The first-order valence-electron chi connectivity index (χ1n) is 8.18. The maximum atomic E-state index is 11.9. The van der Waals surface area contributed by atoms with E-state index in [1.165, 1.54) is 0 Å². The summed E-state index contributed by atoms with van der Waals surface area (Å²) in [4.78, 5) is 16.3. The predicted octanol–water partition coefficient (Wildman–Crippen LogP) is 3.02. The number of urea groups is 1. The third-order valence-electron chi connectivity index (χ3n) is 3.92. The minimum absolute atomic E-state index is 0.213. The molecule has 3 rings (SSSR count). The molecule has 1 unspecified atom stereocenters. The zero-order chi connectivity index (χ0) is 16.9. The fourth-order valence-corrected chi connectivity index (χ4v) is 2.44. The van der Waals surface area contributed by atoms with Crippen LogP contribution in [0.3, 0.4) is 0 Å². The summed E-state index contributed by atoms with van der Waals surface area (Å²) in [5.74, 6) is 1.79. The number of amides is 2. The van der Waals surface area contributed by atoms with E-state index in [9.17, 15) is 4.79 Å². The van der Waals surface area contributed by atoms with Crippen molar-refractivity contribution in [1.29, 1.82) is 0 Å². The van der Waals surface area contributed by atoms with Crippen LogP contribution in [0, 0.1) is 5.92 Å². The molecule has 1 aromatic carbocycles. The third-order valence-corrected chi connectivity index (χ3v) is 3.92. The Morgan fingerprint density at radius 2 is 2.12 bits per heavy atom. The number of carbonyl (C=O) groups excluding carboxylic acids is 1. The molecule has 1 aromatic heterocycles. The Balaban J connectivity index is 1.54. The maximum absolute atomic E-state index is 11.9. The number of hydrogen-bond donors (Lipinski definition) is 2. The largest absolute Gasteiger partial charge is 0.381 e. The van der Waals surface area contributed by atoms with Gasteiger partial charge in [0.2, 0.25) is 0 Å². The Labute approximate surface area is 140 Å². The molecule has 24 heavy (non-hydrogen) atoms. The summed E-state index contributed by atoms with van der Waals surface area (Å²) in [7, 11) is 0. The lowest BCUT2D eigenvalue weighted by molar-refractivity contribution is 0.185. The van der Waals surface area contributed by atoms with Gasteiger partial charge in [-0.1, -0.05) is 19.0 Å². The average molecular weight is 330 g/mol. The van der Waals surface area contributed by atoms with Crippen molar-refractivity contribution in [1.82, 2.24) is 15.5 Å². The van der Waals surface area contributed by atoms with Gasteiger partial charge in [-0.25, -0.2) is 4.79 Å². The molecule has 0 saturated carbocycles. The molecule has 1 aliphatic rings. The van der Waals surface area contributed by atoms with Crippen LogP contribution in [-0.4, -0.2) is 35.9 Å². The van der Waals surface area contributed by atoms with Crippen LogP contribution in [0.4, 0.5) is 10.5 Å². The van der Waals surface area contributed by atoms with Crippen molar-refractivity contribution in [2.45, 2.75) is 26.2 Å². The van der Waals surface area contributed by atoms with Gasteiger partial charge in [0.25, 0.3) is 5.89 Å². The van der Waals surface area contributed by atoms with Gasteiger partial charge in [-0.2, -0.15) is 4.98 Å². The van der Waals surface area contributed by atoms with Crippen LogP contribution in [0.1, 0.15) is 32.0 Å². The minimum atomic E-state index is -0.213. The van der Waals surface area contributed by atoms with E-state index in [4.69, 9.17) is 9.26 Å². The van der Waals surface area contributed by atoms with Crippen molar-refractivity contribution in [3.05, 3.63) is 30.1 Å². The first kappa shape index (κ1) is 16.4. The standard InChI is InChI=1S/C17H22N4O3/c1-11(2)15-20-16(24-21-15)13-3-5-14(6-4-13)19-17(22)18-9-12-7-8-23-10-12/h3-6,11-12H,7-10H2,1-2H3,(H2,18,19,22). The fourth-order valence-electron chi connectivity index (χ4n) is 2.44. The van der Waals surface area contributed by atoms with Crippen LogP contribution >= 0.6 is 0 Å². The smallest absolute Gasteiger partial charge is 0.319 e. The quantitative estimate of drug-likeness (QED) is 0.879. The lowest BCUT2D eigenvalue weighted by Gasteiger charge is -2.10. The van der Waals surface area contributed by atoms with Gasteiger partial charge >= 0.3 is 6.03 Å². The maximum Gasteiger partial charge on any atom is 0.319 e. The summed E-state index contributed by atoms with van der Waals surface area (Å²) in [6, 6.07) is 7.10. The normalized spacial score (nSPS) is 17.2. The van der Waals surface area contributed by atoms with Crippen molar-refractivity contribution in [3.8, 4) is 11.5 Å². The number of nitrogens with one attached hydrogen (secondary N) is 2. The molecular weight excluding hydrogens is 308 g/mol. The Morgan fingerprint density at radius 1 is 1.33 bits per heavy atom. The molecule has 0 aliphatic carbocycles. The van der Waals surface area contributed by atoms with Crippen molar-refractivity contribution in [2.24, 2.45) is 5.92 Å². The first-order chi connectivity index (χ1) is 11.6. The van der Waals surface area contributed by atoms with Gasteiger partial charge in [-0.05, 0) is 30.7 Å². The lowest BCUT2D eigenvalue weighted by Crippen LogP contribution is -2.33. The molecule has 2 heterocycles. The topological polar surface area (TPSA) is 89.3 Å². The third kappa shape index (κ3) is 4.11. The molecule has 7 heteroatoms. The average Bonchev–Trinajstić information content (AvgIpc) is 3.25. The number of nitrogens with zero attached hydrogens (tertiary/aromatic N) is 2. The molecule has 2 amide bonds. The van der Waals surface area contributed by atoms with Crippen LogP contribution < -0.4 is 10.6 Å². The summed E-state index contributed by atoms with van der Waals surface area (Å²) in [6.07, 6.45) is 0.998. The molecule has 0 radical (unpaired) electrons. The van der Waals surface area contributed by atoms with Crippen molar-refractivity contribution in [2.75, 3.05) is 25.1 Å². The number of anilines is 1. The predicted molar refractivity (Wildman–Crippen MR) is 89.8 cm³/mol. The zero-order valence-electron chi connectivity index (χ0n) is 13.9. The highest BCUT2D eigenvalue weighted by molar-refractivity contribution is 5.89. The Bertz CT molecular complexity index is 675. The number of hydrogen-bond acceptors (Lipinski definition) is 5. The second-order valence-corrected chi connectivity index (χ2v) is 6.25. The highest BCUT2D eigenvalue weighted by Gasteiger charge is 2.16. The Kier molecular flexibility index (Phi) is 5.10. The zero-order valence-corrected chi connectivity index (χ0v) is 13.9. The summed E-state index contributed by atoms with van der Waals surface area (Å²) >= 11 is 0. The van der Waals surface area contributed by atoms with Gasteiger partial charge in [0, 0.05) is 36.2 Å². The summed E-state index contributed by atoms with van der Waals surface area (Å²) < 4.78 is 10.5. The SMILES string of the molecule is CC(C)c1noc(-c2ccc(NC(=O)NCC3CCOC3)cc2)n1. The molecule has 1 fully saturated rings. The summed E-state index contributed by atoms with van der Waals surface area (Å²) in [6.45, 7) is 6.15. The monoisotopic (exact) mass is 330 g/mol. The lowest BCUT2D eigenvalue weighted by atomic mass is 10.1. The molecule has 0 spiro atoms. The van der Waals surface area contributed by atoms with Gasteiger partial charge in [0.1, 0.15) is 0 Å². The second-order valence-electron chi connectivity index (χ2n) is 6.25. The van der Waals surface area contributed by atoms with Gasteiger partial charge < -0.3 is 19.9 Å². The molecule has 0 bridgehead atoms. The van der Waals surface area contributed by atoms with E-state index in [1.807, 2.05) is 38.1 Å². The van der Waals surface area contributed by atoms with E-state index in [1.54, 1.807) is 0 Å². The van der Waals surface area contributed by atoms with E-state index in [2.05, 4.69) is 20.8 Å². The van der Waals surface area contributed by atoms with Crippen LogP contribution in [0.2, 0.25) is 0 Å². The molecule has 1 aliphatic heterocycles. The fraction of sp³-hybridized carbons (Fsp3) is 0.471. The molecule has 128 valence electrons. The highest BCUT2D eigenvalue weighted by Crippen LogP contribution is 2.21. The van der Waals surface area contributed by atoms with Crippen LogP contribution in [0.25, 0.3) is 11.5 Å². The number of benzene rings is 1. The number of carbonyl (C=O) groups is 1. The van der Waals surface area contributed by atoms with E-state index >= 15 is 0 Å². The van der Waals surface area contributed by atoms with Crippen molar-refractivity contribution >= 4 is 11.7 Å². The van der Waals surface area contributed by atoms with Crippen molar-refractivity contribution in [3.63, 3.8) is 0 Å². The van der Waals surface area contributed by atoms with E-state index < -0.39 is 0 Å². The molecule has 1 saturated heterocycles. The summed E-state index contributed by atoms with van der Waals surface area (Å²) in [5.41, 5.74) is 1.53. The molecule has 7 nitrogen and oxygen atoms in total. The van der Waals surface area contributed by atoms with Crippen LogP contribution in [0.5, 0.6) is 0 Å².